The molecule has 0 atom stereocenters. The second-order valence-electron chi connectivity index (χ2n) is 5.64. The van der Waals surface area contributed by atoms with Crippen molar-refractivity contribution in [3.63, 3.8) is 0 Å². The zero-order valence-electron chi connectivity index (χ0n) is 11.9. The maximum atomic E-state index is 12.6. The molecule has 0 spiro atoms. The van der Waals surface area contributed by atoms with Gasteiger partial charge in [-0.3, -0.25) is 4.79 Å². The smallest absolute Gasteiger partial charge is 0.286 e. The molecule has 1 aromatic heterocycles. The normalized spacial score (nSPS) is 23.3. The minimum Gasteiger partial charge on any atom is -0.491 e. The summed E-state index contributed by atoms with van der Waals surface area (Å²) in [6.45, 7) is 1.09. The summed E-state index contributed by atoms with van der Waals surface area (Å²) >= 11 is 3.45. The minimum atomic E-state index is -0.143. The molecule has 114 valence electrons. The van der Waals surface area contributed by atoms with Crippen LogP contribution in [0.5, 0.6) is 5.75 Å². The third kappa shape index (κ3) is 2.36. The molecule has 5 heterocycles. The van der Waals surface area contributed by atoms with Gasteiger partial charge in [-0.05, 0) is 52.4 Å². The van der Waals surface area contributed by atoms with Gasteiger partial charge in [0.25, 0.3) is 5.56 Å². The molecule has 6 heteroatoms. The Bertz CT molecular complexity index is 768. The largest absolute Gasteiger partial charge is 0.491 e. The van der Waals surface area contributed by atoms with E-state index in [0.29, 0.717) is 35.0 Å². The molecule has 1 aromatic carbocycles. The van der Waals surface area contributed by atoms with E-state index in [4.69, 9.17) is 9.47 Å². The molecule has 0 amide bonds. The molecule has 0 unspecified atom stereocenters. The number of ether oxygens (including phenoxy) is 2. The lowest BCUT2D eigenvalue weighted by Gasteiger charge is -2.35. The van der Waals surface area contributed by atoms with Gasteiger partial charge in [0, 0.05) is 6.07 Å². The van der Waals surface area contributed by atoms with Crippen molar-refractivity contribution < 1.29 is 9.47 Å². The Hall–Kier alpha value is -1.66. The van der Waals surface area contributed by atoms with Crippen LogP contribution < -0.4 is 10.3 Å². The highest BCUT2D eigenvalue weighted by molar-refractivity contribution is 9.10. The van der Waals surface area contributed by atoms with Crippen molar-refractivity contribution in [3.8, 4) is 11.4 Å². The molecule has 2 aromatic rings. The van der Waals surface area contributed by atoms with Crippen molar-refractivity contribution in [3.05, 3.63) is 50.9 Å². The fraction of sp³-hybridized carbons (Fsp3) is 0.375. The van der Waals surface area contributed by atoms with Crippen LogP contribution in [0.3, 0.4) is 0 Å². The van der Waals surface area contributed by atoms with E-state index in [0.717, 1.165) is 18.4 Å². The summed E-state index contributed by atoms with van der Waals surface area (Å²) in [5.41, 5.74) is 1.53. The van der Waals surface area contributed by atoms with Crippen LogP contribution in [0.15, 0.2) is 39.7 Å². The Morgan fingerprint density at radius 1 is 1.27 bits per heavy atom. The molecule has 6 bridgehead atoms. The molecule has 4 aliphatic heterocycles. The van der Waals surface area contributed by atoms with E-state index in [9.17, 15) is 4.79 Å². The van der Waals surface area contributed by atoms with Gasteiger partial charge in [-0.1, -0.05) is 6.07 Å². The molecule has 7 rings (SSSR count). The predicted molar refractivity (Wildman–Crippen MR) is 84.7 cm³/mol. The van der Waals surface area contributed by atoms with Gasteiger partial charge in [-0.25, -0.2) is 0 Å². The summed E-state index contributed by atoms with van der Waals surface area (Å²) in [5, 5.41) is 4.33. The average molecular weight is 363 g/mol. The van der Waals surface area contributed by atoms with Crippen molar-refractivity contribution >= 4 is 15.9 Å². The average Bonchev–Trinajstić information content (AvgIpc) is 2.48. The van der Waals surface area contributed by atoms with Crippen LogP contribution in [0, 0.1) is 0 Å². The lowest BCUT2D eigenvalue weighted by Crippen LogP contribution is -2.33. The van der Waals surface area contributed by atoms with Gasteiger partial charge >= 0.3 is 0 Å². The Morgan fingerprint density at radius 3 is 3.00 bits per heavy atom. The fourth-order valence-electron chi connectivity index (χ4n) is 2.95. The van der Waals surface area contributed by atoms with E-state index in [1.165, 1.54) is 4.68 Å². The van der Waals surface area contributed by atoms with E-state index < -0.39 is 0 Å². The maximum absolute atomic E-state index is 12.6. The highest BCUT2D eigenvalue weighted by atomic mass is 79.9. The second-order valence-corrected chi connectivity index (χ2v) is 6.43. The first-order valence-electron chi connectivity index (χ1n) is 7.35. The highest BCUT2D eigenvalue weighted by Gasteiger charge is 2.33. The third-order valence-electron chi connectivity index (χ3n) is 4.25. The van der Waals surface area contributed by atoms with E-state index in [1.54, 1.807) is 6.20 Å². The van der Waals surface area contributed by atoms with Gasteiger partial charge in [0.15, 0.2) is 0 Å². The number of hydrogen-bond donors (Lipinski definition) is 0. The number of hydrogen-bond acceptors (Lipinski definition) is 4. The molecule has 5 nitrogen and oxygen atoms in total. The Labute approximate surface area is 136 Å². The van der Waals surface area contributed by atoms with Crippen LogP contribution in [-0.4, -0.2) is 29.1 Å². The van der Waals surface area contributed by atoms with Gasteiger partial charge in [0.2, 0.25) is 0 Å². The van der Waals surface area contributed by atoms with Gasteiger partial charge < -0.3 is 9.47 Å². The zero-order valence-corrected chi connectivity index (χ0v) is 13.5. The molecule has 0 N–H and O–H groups in total. The number of aromatic nitrogens is 2. The highest BCUT2D eigenvalue weighted by Crippen LogP contribution is 2.40. The lowest BCUT2D eigenvalue weighted by molar-refractivity contribution is -0.0217. The van der Waals surface area contributed by atoms with Crippen LogP contribution in [0.1, 0.15) is 24.3 Å². The fourth-order valence-corrected chi connectivity index (χ4v) is 3.54. The molecule has 0 radical (unpaired) electrons. The summed E-state index contributed by atoms with van der Waals surface area (Å²) < 4.78 is 13.5. The first-order valence-corrected chi connectivity index (χ1v) is 8.14. The number of benzene rings is 1. The Balaban J connectivity index is 1.83. The molecule has 1 fully saturated rings. The maximum Gasteiger partial charge on any atom is 0.286 e. The van der Waals surface area contributed by atoms with Crippen molar-refractivity contribution in [2.24, 2.45) is 0 Å². The summed E-state index contributed by atoms with van der Waals surface area (Å²) in [5.74, 6) is 1.04. The van der Waals surface area contributed by atoms with Gasteiger partial charge in [-0.2, -0.15) is 9.78 Å². The van der Waals surface area contributed by atoms with Crippen molar-refractivity contribution in [2.45, 2.75) is 24.9 Å². The Kier molecular flexibility index (Phi) is 3.50. The molecular weight excluding hydrogens is 348 g/mol. The Morgan fingerprint density at radius 2 is 2.14 bits per heavy atom. The predicted octanol–water partition coefficient (Wildman–Crippen LogP) is 2.65. The lowest BCUT2D eigenvalue weighted by atomic mass is 9.78. The van der Waals surface area contributed by atoms with Gasteiger partial charge in [0.1, 0.15) is 12.4 Å². The first kappa shape index (κ1) is 14.0. The van der Waals surface area contributed by atoms with Crippen LogP contribution in [0.25, 0.3) is 5.69 Å². The van der Waals surface area contributed by atoms with Crippen LogP contribution in [0.2, 0.25) is 0 Å². The number of rotatable bonds is 0. The zero-order chi connectivity index (χ0) is 15.1. The summed E-state index contributed by atoms with van der Waals surface area (Å²) in [4.78, 5) is 12.6. The monoisotopic (exact) mass is 362 g/mol. The topological polar surface area (TPSA) is 53.4 Å². The minimum absolute atomic E-state index is 0.143. The van der Waals surface area contributed by atoms with E-state index in [-0.39, 0.29) is 11.7 Å². The SMILES string of the molecule is O=c1c(Br)c2cnn1-c1cccc(c1)OCCOC1CC2C1. The molecule has 5 aliphatic rings. The quantitative estimate of drug-likeness (QED) is 0.722. The molecule has 1 saturated carbocycles. The summed E-state index contributed by atoms with van der Waals surface area (Å²) in [6, 6.07) is 7.37. The summed E-state index contributed by atoms with van der Waals surface area (Å²) in [6.07, 6.45) is 3.88. The molecule has 22 heavy (non-hydrogen) atoms. The van der Waals surface area contributed by atoms with Crippen molar-refractivity contribution in [1.29, 1.82) is 0 Å². The first-order chi connectivity index (χ1) is 10.7. The van der Waals surface area contributed by atoms with Crippen LogP contribution >= 0.6 is 15.9 Å². The molecular formula is C16H15BrN2O3. The number of halogens is 1. The van der Waals surface area contributed by atoms with Crippen LogP contribution in [0.4, 0.5) is 0 Å². The number of nitrogens with zero attached hydrogens (tertiary/aromatic N) is 2. The van der Waals surface area contributed by atoms with Gasteiger partial charge in [0.05, 0.1) is 29.1 Å². The van der Waals surface area contributed by atoms with E-state index in [2.05, 4.69) is 21.0 Å². The standard InChI is InChI=1S/C16H15BrN2O3/c17-15-14-9-18-19(16(15)20)11-2-1-3-12(8-11)21-4-5-22-13-6-10(14)7-13/h1-3,8-10,13H,4-7H2. The summed E-state index contributed by atoms with van der Waals surface area (Å²) in [7, 11) is 0. The van der Waals surface area contributed by atoms with E-state index in [1.807, 2.05) is 24.3 Å². The van der Waals surface area contributed by atoms with Crippen LogP contribution in [-0.2, 0) is 4.74 Å². The van der Waals surface area contributed by atoms with Gasteiger partial charge in [-0.15, -0.1) is 0 Å². The van der Waals surface area contributed by atoms with Crippen molar-refractivity contribution in [1.82, 2.24) is 9.78 Å². The van der Waals surface area contributed by atoms with Crippen molar-refractivity contribution in [2.75, 3.05) is 13.2 Å². The molecule has 0 saturated heterocycles. The second kappa shape index (κ2) is 5.52. The van der Waals surface area contributed by atoms with E-state index >= 15 is 0 Å². The third-order valence-corrected chi connectivity index (χ3v) is 5.05. The molecule has 1 aliphatic carbocycles.